The van der Waals surface area contributed by atoms with Crippen molar-refractivity contribution in [2.45, 2.75) is 13.5 Å². The van der Waals surface area contributed by atoms with Gasteiger partial charge in [-0.1, -0.05) is 22.0 Å². The lowest BCUT2D eigenvalue weighted by Crippen LogP contribution is -2.20. The van der Waals surface area contributed by atoms with Crippen LogP contribution in [0, 0.1) is 6.92 Å². The van der Waals surface area contributed by atoms with E-state index in [0.717, 1.165) is 10.0 Å². The summed E-state index contributed by atoms with van der Waals surface area (Å²) in [6.45, 7) is 2.21. The Balaban J connectivity index is 1.43. The summed E-state index contributed by atoms with van der Waals surface area (Å²) in [6.07, 6.45) is 1.55. The van der Waals surface area contributed by atoms with Crippen LogP contribution in [-0.2, 0) is 6.61 Å². The topological polar surface area (TPSA) is 93.4 Å². The van der Waals surface area contributed by atoms with Crippen molar-refractivity contribution >= 4 is 33.0 Å². The quantitative estimate of drug-likeness (QED) is 0.308. The molecule has 0 fully saturated rings. The summed E-state index contributed by atoms with van der Waals surface area (Å²) >= 11 is 3.40. The van der Waals surface area contributed by atoms with Gasteiger partial charge in [-0.25, -0.2) is 4.98 Å². The van der Waals surface area contributed by atoms with Gasteiger partial charge in [-0.05, 0) is 55.0 Å². The molecule has 0 unspecified atom stereocenters. The Bertz CT molecular complexity index is 1520. The fourth-order valence-corrected chi connectivity index (χ4v) is 4.18. The first-order valence-electron chi connectivity index (χ1n) is 11.0. The van der Waals surface area contributed by atoms with Gasteiger partial charge < -0.3 is 23.7 Å². The van der Waals surface area contributed by atoms with E-state index in [1.165, 1.54) is 4.68 Å². The third-order valence-corrected chi connectivity index (χ3v) is 6.09. The molecule has 9 nitrogen and oxygen atoms in total. The molecule has 1 aromatic heterocycles. The number of methoxy groups -OCH3 is 2. The first-order valence-corrected chi connectivity index (χ1v) is 11.8. The average Bonchev–Trinajstić information content (AvgIpc) is 3.35. The van der Waals surface area contributed by atoms with Crippen molar-refractivity contribution in [1.82, 2.24) is 9.66 Å². The highest BCUT2D eigenvalue weighted by Crippen LogP contribution is 2.39. The fourth-order valence-electron chi connectivity index (χ4n) is 3.82. The Morgan fingerprint density at radius 3 is 2.56 bits per heavy atom. The number of rotatable bonds is 7. The van der Waals surface area contributed by atoms with Crippen molar-refractivity contribution in [1.29, 1.82) is 0 Å². The lowest BCUT2D eigenvalue weighted by atomic mass is 10.2. The standard InChI is InChI=1S/C26H22BrN3O6/c1-15-29-20-6-5-18(27)11-19(20)26(31)30(15)28-12-17-9-23(32-2)25(24(10-17)33-3)34-13-16-4-7-21-22(8-16)36-14-35-21/h4-12H,13-14H2,1-3H3. The second-order valence-electron chi connectivity index (χ2n) is 7.91. The molecule has 0 saturated carbocycles. The van der Waals surface area contributed by atoms with Crippen LogP contribution >= 0.6 is 15.9 Å². The molecule has 0 N–H and O–H groups in total. The molecule has 0 saturated heterocycles. The number of aromatic nitrogens is 2. The zero-order valence-corrected chi connectivity index (χ0v) is 21.4. The molecular formula is C26H22BrN3O6. The SMILES string of the molecule is COc1cc(C=Nn2c(C)nc3ccc(Br)cc3c2=O)cc(OC)c1OCc1ccc2c(c1)OCO2. The van der Waals surface area contributed by atoms with Crippen LogP contribution in [-0.4, -0.2) is 36.9 Å². The number of halogens is 1. The maximum atomic E-state index is 13.0. The highest BCUT2D eigenvalue weighted by atomic mass is 79.9. The first-order chi connectivity index (χ1) is 17.5. The fraction of sp³-hybridized carbons (Fsp3) is 0.192. The molecule has 0 atom stereocenters. The van der Waals surface area contributed by atoms with Gasteiger partial charge in [-0.3, -0.25) is 4.79 Å². The largest absolute Gasteiger partial charge is 0.493 e. The van der Waals surface area contributed by atoms with Crippen molar-refractivity contribution in [3.63, 3.8) is 0 Å². The summed E-state index contributed by atoms with van der Waals surface area (Å²) < 4.78 is 30.0. The normalized spacial score (nSPS) is 12.3. The van der Waals surface area contributed by atoms with Crippen molar-refractivity contribution < 1.29 is 23.7 Å². The molecule has 3 aromatic carbocycles. The number of hydrogen-bond donors (Lipinski definition) is 0. The minimum absolute atomic E-state index is 0.211. The predicted octanol–water partition coefficient (Wildman–Crippen LogP) is 4.67. The van der Waals surface area contributed by atoms with E-state index in [1.54, 1.807) is 51.6 Å². The van der Waals surface area contributed by atoms with Crippen molar-refractivity contribution in [2.24, 2.45) is 5.10 Å². The summed E-state index contributed by atoms with van der Waals surface area (Å²) in [5.41, 5.74) is 1.90. The van der Waals surface area contributed by atoms with Crippen LogP contribution in [0.15, 0.2) is 62.9 Å². The summed E-state index contributed by atoms with van der Waals surface area (Å²) in [5, 5.41) is 4.85. The highest BCUT2D eigenvalue weighted by molar-refractivity contribution is 9.10. The molecule has 5 rings (SSSR count). The predicted molar refractivity (Wildman–Crippen MR) is 138 cm³/mol. The number of aryl methyl sites for hydroxylation is 1. The summed E-state index contributed by atoms with van der Waals surface area (Å²) in [4.78, 5) is 17.5. The second-order valence-corrected chi connectivity index (χ2v) is 8.83. The van der Waals surface area contributed by atoms with E-state index in [-0.39, 0.29) is 19.0 Å². The maximum Gasteiger partial charge on any atom is 0.282 e. The molecule has 1 aliphatic heterocycles. The van der Waals surface area contributed by atoms with Crippen LogP contribution in [0.2, 0.25) is 0 Å². The van der Waals surface area contributed by atoms with Crippen LogP contribution in [0.25, 0.3) is 10.9 Å². The number of fused-ring (bicyclic) bond motifs is 2. The summed E-state index contributed by atoms with van der Waals surface area (Å²) in [5.74, 6) is 3.22. The van der Waals surface area contributed by atoms with E-state index >= 15 is 0 Å². The van der Waals surface area contributed by atoms with Gasteiger partial charge in [0.15, 0.2) is 23.0 Å². The molecule has 4 aromatic rings. The Morgan fingerprint density at radius 1 is 1.06 bits per heavy atom. The van der Waals surface area contributed by atoms with E-state index < -0.39 is 0 Å². The third-order valence-electron chi connectivity index (χ3n) is 5.60. The van der Waals surface area contributed by atoms with Gasteiger partial charge in [0.25, 0.3) is 5.56 Å². The maximum absolute atomic E-state index is 13.0. The zero-order valence-electron chi connectivity index (χ0n) is 19.8. The van der Waals surface area contributed by atoms with Gasteiger partial charge in [-0.15, -0.1) is 0 Å². The molecule has 2 heterocycles. The second kappa shape index (κ2) is 9.90. The molecule has 10 heteroatoms. The first kappa shape index (κ1) is 23.7. The number of hydrogen-bond acceptors (Lipinski definition) is 8. The van der Waals surface area contributed by atoms with Crippen molar-refractivity contribution in [2.75, 3.05) is 21.0 Å². The van der Waals surface area contributed by atoms with Crippen molar-refractivity contribution in [3.8, 4) is 28.7 Å². The Kier molecular flexibility index (Phi) is 6.51. The molecule has 0 spiro atoms. The smallest absolute Gasteiger partial charge is 0.282 e. The van der Waals surface area contributed by atoms with Gasteiger partial charge in [-0.2, -0.15) is 9.78 Å². The Morgan fingerprint density at radius 2 is 1.81 bits per heavy atom. The van der Waals surface area contributed by atoms with Crippen LogP contribution in [0.5, 0.6) is 28.7 Å². The molecular weight excluding hydrogens is 530 g/mol. The van der Waals surface area contributed by atoms with Crippen LogP contribution in [0.3, 0.4) is 0 Å². The monoisotopic (exact) mass is 551 g/mol. The molecule has 36 heavy (non-hydrogen) atoms. The van der Waals surface area contributed by atoms with E-state index in [4.69, 9.17) is 23.7 Å². The summed E-state index contributed by atoms with van der Waals surface area (Å²) in [6, 6.07) is 14.5. The molecule has 0 bridgehead atoms. The van der Waals surface area contributed by atoms with Crippen LogP contribution in [0.4, 0.5) is 0 Å². The lowest BCUT2D eigenvalue weighted by molar-refractivity contribution is 0.174. The number of benzene rings is 3. The molecule has 0 radical (unpaired) electrons. The zero-order chi connectivity index (χ0) is 25.2. The van der Waals surface area contributed by atoms with E-state index in [1.807, 2.05) is 24.3 Å². The molecule has 184 valence electrons. The molecule has 1 aliphatic rings. The summed E-state index contributed by atoms with van der Waals surface area (Å²) in [7, 11) is 3.09. The van der Waals surface area contributed by atoms with Gasteiger partial charge in [0.1, 0.15) is 12.4 Å². The van der Waals surface area contributed by atoms with Crippen molar-refractivity contribution in [3.05, 3.63) is 80.3 Å². The minimum Gasteiger partial charge on any atom is -0.493 e. The Labute approximate surface area is 215 Å². The average molecular weight is 552 g/mol. The van der Waals surface area contributed by atoms with Crippen LogP contribution in [0.1, 0.15) is 17.0 Å². The van der Waals surface area contributed by atoms with E-state index in [0.29, 0.717) is 51.0 Å². The van der Waals surface area contributed by atoms with E-state index in [9.17, 15) is 4.79 Å². The van der Waals surface area contributed by atoms with Gasteiger partial charge >= 0.3 is 0 Å². The Hall–Kier alpha value is -4.05. The van der Waals surface area contributed by atoms with Gasteiger partial charge in [0.2, 0.25) is 12.5 Å². The van der Waals surface area contributed by atoms with E-state index in [2.05, 4.69) is 26.0 Å². The third kappa shape index (κ3) is 4.59. The van der Waals surface area contributed by atoms with Gasteiger partial charge in [0.05, 0.1) is 31.3 Å². The van der Waals surface area contributed by atoms with Gasteiger partial charge in [0, 0.05) is 10.0 Å². The lowest BCUT2D eigenvalue weighted by Gasteiger charge is -2.15. The number of nitrogens with zero attached hydrogens (tertiary/aromatic N) is 3. The van der Waals surface area contributed by atoms with Crippen LogP contribution < -0.4 is 29.2 Å². The number of ether oxygens (including phenoxy) is 5. The highest BCUT2D eigenvalue weighted by Gasteiger charge is 2.17. The molecule has 0 amide bonds. The minimum atomic E-state index is -0.266. The molecule has 0 aliphatic carbocycles.